The number of rotatable bonds is 2. The molecule has 3 rings (SSSR count). The zero-order chi connectivity index (χ0) is 13.9. The zero-order valence-electron chi connectivity index (χ0n) is 12.0. The van der Waals surface area contributed by atoms with Crippen LogP contribution in [0, 0.1) is 6.92 Å². The Kier molecular flexibility index (Phi) is 3.83. The van der Waals surface area contributed by atoms with E-state index in [2.05, 4.69) is 24.0 Å². The maximum absolute atomic E-state index is 10.7. The quantitative estimate of drug-likeness (QED) is 0.841. The van der Waals surface area contributed by atoms with E-state index in [0.29, 0.717) is 0 Å². The molecule has 104 valence electrons. The summed E-state index contributed by atoms with van der Waals surface area (Å²) in [6.07, 6.45) is 7.07. The van der Waals surface area contributed by atoms with Crippen molar-refractivity contribution in [3.63, 3.8) is 0 Å². The van der Waals surface area contributed by atoms with Gasteiger partial charge in [0.1, 0.15) is 6.10 Å². The molecule has 20 heavy (non-hydrogen) atoms. The highest BCUT2D eigenvalue weighted by Crippen LogP contribution is 2.30. The number of aryl methyl sites for hydroxylation is 2. The number of nitrogens with zero attached hydrogens (tertiary/aromatic N) is 1. The molecule has 1 N–H and O–H groups in total. The molecule has 0 aliphatic heterocycles. The SMILES string of the molecule is Cc1ccc(C(O)c2ccnc3c2CCCCC3)cc1. The molecule has 1 aliphatic carbocycles. The summed E-state index contributed by atoms with van der Waals surface area (Å²) in [6, 6.07) is 10.1. The van der Waals surface area contributed by atoms with Crippen LogP contribution in [-0.2, 0) is 12.8 Å². The molecule has 0 radical (unpaired) electrons. The minimum Gasteiger partial charge on any atom is -0.384 e. The summed E-state index contributed by atoms with van der Waals surface area (Å²) in [6.45, 7) is 2.06. The van der Waals surface area contributed by atoms with Gasteiger partial charge in [-0.15, -0.1) is 0 Å². The molecule has 1 aliphatic rings. The first-order valence-electron chi connectivity index (χ1n) is 7.47. The Balaban J connectivity index is 1.99. The number of hydrogen-bond acceptors (Lipinski definition) is 2. The van der Waals surface area contributed by atoms with Crippen molar-refractivity contribution in [3.8, 4) is 0 Å². The van der Waals surface area contributed by atoms with E-state index >= 15 is 0 Å². The van der Waals surface area contributed by atoms with Crippen LogP contribution in [0.1, 0.15) is 53.3 Å². The van der Waals surface area contributed by atoms with Crippen LogP contribution in [0.2, 0.25) is 0 Å². The molecule has 1 aromatic heterocycles. The summed E-state index contributed by atoms with van der Waals surface area (Å²) >= 11 is 0. The van der Waals surface area contributed by atoms with Crippen molar-refractivity contribution in [2.45, 2.75) is 45.1 Å². The van der Waals surface area contributed by atoms with Crippen molar-refractivity contribution in [1.82, 2.24) is 4.98 Å². The molecule has 2 heteroatoms. The van der Waals surface area contributed by atoms with E-state index in [4.69, 9.17) is 0 Å². The van der Waals surface area contributed by atoms with Gasteiger partial charge in [-0.1, -0.05) is 36.2 Å². The molecule has 1 aromatic carbocycles. The van der Waals surface area contributed by atoms with Gasteiger partial charge < -0.3 is 5.11 Å². The largest absolute Gasteiger partial charge is 0.384 e. The summed E-state index contributed by atoms with van der Waals surface area (Å²) in [7, 11) is 0. The number of pyridine rings is 1. The number of benzene rings is 1. The number of aromatic nitrogens is 1. The van der Waals surface area contributed by atoms with Gasteiger partial charge in [-0.25, -0.2) is 0 Å². The van der Waals surface area contributed by atoms with E-state index in [0.717, 1.165) is 24.0 Å². The first kappa shape index (κ1) is 13.3. The van der Waals surface area contributed by atoms with Gasteiger partial charge in [-0.3, -0.25) is 4.98 Å². The molecule has 1 atom stereocenters. The Morgan fingerprint density at radius 1 is 1.00 bits per heavy atom. The molecular formula is C18H21NO. The zero-order valence-corrected chi connectivity index (χ0v) is 12.0. The number of aliphatic hydroxyl groups excluding tert-OH is 1. The van der Waals surface area contributed by atoms with Crippen LogP contribution >= 0.6 is 0 Å². The van der Waals surface area contributed by atoms with Crippen molar-refractivity contribution >= 4 is 0 Å². The second kappa shape index (κ2) is 5.76. The lowest BCUT2D eigenvalue weighted by molar-refractivity contribution is 0.219. The topological polar surface area (TPSA) is 33.1 Å². The summed E-state index contributed by atoms with van der Waals surface area (Å²) in [5.74, 6) is 0. The average Bonchev–Trinajstić information content (AvgIpc) is 2.72. The van der Waals surface area contributed by atoms with Crippen molar-refractivity contribution < 1.29 is 5.11 Å². The van der Waals surface area contributed by atoms with Gasteiger partial charge in [-0.05, 0) is 55.4 Å². The fourth-order valence-electron chi connectivity index (χ4n) is 3.01. The Labute approximate surface area is 120 Å². The standard InChI is InChI=1S/C18H21NO/c1-13-7-9-14(10-8-13)18(20)16-11-12-19-17-6-4-2-3-5-15(16)17/h7-12,18,20H,2-6H2,1H3. The van der Waals surface area contributed by atoms with Gasteiger partial charge in [0.25, 0.3) is 0 Å². The predicted molar refractivity (Wildman–Crippen MR) is 80.7 cm³/mol. The highest BCUT2D eigenvalue weighted by Gasteiger charge is 2.19. The summed E-state index contributed by atoms with van der Waals surface area (Å²) < 4.78 is 0. The number of aliphatic hydroxyl groups is 1. The molecule has 0 saturated carbocycles. The van der Waals surface area contributed by atoms with Crippen molar-refractivity contribution in [2.75, 3.05) is 0 Å². The first-order chi connectivity index (χ1) is 9.75. The predicted octanol–water partition coefficient (Wildman–Crippen LogP) is 3.74. The Morgan fingerprint density at radius 2 is 1.75 bits per heavy atom. The minimum atomic E-state index is -0.537. The van der Waals surface area contributed by atoms with Crippen molar-refractivity contribution in [3.05, 3.63) is 64.5 Å². The Bertz CT molecular complexity index is 589. The number of hydrogen-bond donors (Lipinski definition) is 1. The fourth-order valence-corrected chi connectivity index (χ4v) is 3.01. The molecule has 0 spiro atoms. The van der Waals surface area contributed by atoms with Gasteiger partial charge in [0.15, 0.2) is 0 Å². The van der Waals surface area contributed by atoms with Crippen LogP contribution in [-0.4, -0.2) is 10.1 Å². The maximum Gasteiger partial charge on any atom is 0.104 e. The smallest absolute Gasteiger partial charge is 0.104 e. The van der Waals surface area contributed by atoms with Crippen LogP contribution in [0.15, 0.2) is 36.5 Å². The molecule has 0 bridgehead atoms. The lowest BCUT2D eigenvalue weighted by Gasteiger charge is -2.17. The molecule has 0 saturated heterocycles. The van der Waals surface area contributed by atoms with Crippen LogP contribution in [0.5, 0.6) is 0 Å². The third-order valence-corrected chi connectivity index (χ3v) is 4.21. The molecule has 0 amide bonds. The van der Waals surface area contributed by atoms with Crippen molar-refractivity contribution in [2.24, 2.45) is 0 Å². The lowest BCUT2D eigenvalue weighted by Crippen LogP contribution is -2.07. The highest BCUT2D eigenvalue weighted by atomic mass is 16.3. The second-order valence-electron chi connectivity index (χ2n) is 5.70. The molecule has 0 fully saturated rings. The van der Waals surface area contributed by atoms with Gasteiger partial charge in [0, 0.05) is 11.9 Å². The average molecular weight is 267 g/mol. The van der Waals surface area contributed by atoms with Crippen LogP contribution in [0.3, 0.4) is 0 Å². The summed E-state index contributed by atoms with van der Waals surface area (Å²) in [5, 5.41) is 10.7. The first-order valence-corrected chi connectivity index (χ1v) is 7.47. The molecule has 2 nitrogen and oxygen atoms in total. The molecule has 1 heterocycles. The van der Waals surface area contributed by atoms with Crippen LogP contribution < -0.4 is 0 Å². The maximum atomic E-state index is 10.7. The Morgan fingerprint density at radius 3 is 2.55 bits per heavy atom. The van der Waals surface area contributed by atoms with E-state index < -0.39 is 6.10 Å². The van der Waals surface area contributed by atoms with Gasteiger partial charge >= 0.3 is 0 Å². The monoisotopic (exact) mass is 267 g/mol. The lowest BCUT2D eigenvalue weighted by atomic mass is 9.94. The molecule has 2 aromatic rings. The molecular weight excluding hydrogens is 246 g/mol. The highest BCUT2D eigenvalue weighted by molar-refractivity contribution is 5.38. The second-order valence-corrected chi connectivity index (χ2v) is 5.70. The Hall–Kier alpha value is -1.67. The molecule has 1 unspecified atom stereocenters. The van der Waals surface area contributed by atoms with E-state index in [9.17, 15) is 5.11 Å². The van der Waals surface area contributed by atoms with Gasteiger partial charge in [0.2, 0.25) is 0 Å². The number of fused-ring (bicyclic) bond motifs is 1. The van der Waals surface area contributed by atoms with E-state index in [1.54, 1.807) is 0 Å². The van der Waals surface area contributed by atoms with E-state index in [1.807, 2.05) is 24.4 Å². The summed E-state index contributed by atoms with van der Waals surface area (Å²) in [4.78, 5) is 4.52. The van der Waals surface area contributed by atoms with E-state index in [1.165, 1.54) is 36.1 Å². The van der Waals surface area contributed by atoms with Crippen LogP contribution in [0.4, 0.5) is 0 Å². The van der Waals surface area contributed by atoms with Crippen molar-refractivity contribution in [1.29, 1.82) is 0 Å². The minimum absolute atomic E-state index is 0.537. The third kappa shape index (κ3) is 2.61. The van der Waals surface area contributed by atoms with Gasteiger partial charge in [0.05, 0.1) is 0 Å². The third-order valence-electron chi connectivity index (χ3n) is 4.21. The van der Waals surface area contributed by atoms with Gasteiger partial charge in [-0.2, -0.15) is 0 Å². The normalized spacial score (nSPS) is 16.3. The van der Waals surface area contributed by atoms with E-state index in [-0.39, 0.29) is 0 Å². The summed E-state index contributed by atoms with van der Waals surface area (Å²) in [5.41, 5.74) is 5.69. The fraction of sp³-hybridized carbons (Fsp3) is 0.389. The van der Waals surface area contributed by atoms with Crippen LogP contribution in [0.25, 0.3) is 0 Å².